The Labute approximate surface area is 181 Å². The molecule has 8 heteroatoms. The van der Waals surface area contributed by atoms with Gasteiger partial charge in [0.25, 0.3) is 5.56 Å². The minimum absolute atomic E-state index is 0.0349. The molecule has 31 heavy (non-hydrogen) atoms. The zero-order valence-corrected chi connectivity index (χ0v) is 18.0. The van der Waals surface area contributed by atoms with E-state index in [9.17, 15) is 9.59 Å². The van der Waals surface area contributed by atoms with E-state index in [0.29, 0.717) is 36.5 Å². The molecule has 3 aliphatic heterocycles. The molecule has 0 spiro atoms. The molecule has 164 valence electrons. The van der Waals surface area contributed by atoms with E-state index in [1.165, 1.54) is 0 Å². The Morgan fingerprint density at radius 2 is 2.10 bits per heavy atom. The van der Waals surface area contributed by atoms with E-state index in [0.717, 1.165) is 42.6 Å². The SMILES string of the molecule is CC(C)N1CCc2nc([C@H]3CCCN3C(=O)Cc3ccc4c(c3)OCO4)[nH]c(=O)c2C1. The van der Waals surface area contributed by atoms with Crippen molar-refractivity contribution in [2.75, 3.05) is 19.9 Å². The molecule has 1 N–H and O–H groups in total. The van der Waals surface area contributed by atoms with Gasteiger partial charge in [-0.05, 0) is 44.4 Å². The van der Waals surface area contributed by atoms with Crippen LogP contribution in [0.1, 0.15) is 55.4 Å². The largest absolute Gasteiger partial charge is 0.454 e. The van der Waals surface area contributed by atoms with Gasteiger partial charge in [0.15, 0.2) is 11.5 Å². The van der Waals surface area contributed by atoms with Crippen LogP contribution in [-0.2, 0) is 24.2 Å². The van der Waals surface area contributed by atoms with Gasteiger partial charge >= 0.3 is 0 Å². The summed E-state index contributed by atoms with van der Waals surface area (Å²) in [7, 11) is 0. The fourth-order valence-corrected chi connectivity index (χ4v) is 4.74. The van der Waals surface area contributed by atoms with Crippen molar-refractivity contribution in [3.63, 3.8) is 0 Å². The molecule has 0 radical (unpaired) electrons. The van der Waals surface area contributed by atoms with E-state index in [1.807, 2.05) is 23.1 Å². The van der Waals surface area contributed by atoms with Gasteiger partial charge in [0.05, 0.1) is 23.7 Å². The molecule has 8 nitrogen and oxygen atoms in total. The fraction of sp³-hybridized carbons (Fsp3) is 0.522. The number of hydrogen-bond acceptors (Lipinski definition) is 6. The highest BCUT2D eigenvalue weighted by molar-refractivity contribution is 5.79. The van der Waals surface area contributed by atoms with Gasteiger partial charge in [0.1, 0.15) is 5.82 Å². The van der Waals surface area contributed by atoms with Crippen molar-refractivity contribution in [2.45, 2.75) is 58.2 Å². The first-order valence-electron chi connectivity index (χ1n) is 11.0. The number of carbonyl (C=O) groups is 1. The van der Waals surface area contributed by atoms with Gasteiger partial charge in [0, 0.05) is 32.1 Å². The van der Waals surface area contributed by atoms with Gasteiger partial charge in [-0.3, -0.25) is 14.5 Å². The van der Waals surface area contributed by atoms with Crippen LogP contribution in [-0.4, -0.2) is 51.6 Å². The highest BCUT2D eigenvalue weighted by Crippen LogP contribution is 2.34. The molecule has 2 aromatic rings. The number of hydrogen-bond donors (Lipinski definition) is 1. The van der Waals surface area contributed by atoms with E-state index < -0.39 is 0 Å². The van der Waals surface area contributed by atoms with Crippen molar-refractivity contribution >= 4 is 5.91 Å². The molecular formula is C23H28N4O4. The highest BCUT2D eigenvalue weighted by atomic mass is 16.7. The number of nitrogens with zero attached hydrogens (tertiary/aromatic N) is 3. The number of fused-ring (bicyclic) bond motifs is 2. The van der Waals surface area contributed by atoms with Crippen molar-refractivity contribution in [1.29, 1.82) is 0 Å². The maximum Gasteiger partial charge on any atom is 0.255 e. The van der Waals surface area contributed by atoms with Crippen LogP contribution in [0.2, 0.25) is 0 Å². The van der Waals surface area contributed by atoms with Crippen LogP contribution in [0.5, 0.6) is 11.5 Å². The molecule has 1 amide bonds. The molecule has 1 saturated heterocycles. The van der Waals surface area contributed by atoms with Gasteiger partial charge < -0.3 is 19.4 Å². The van der Waals surface area contributed by atoms with Crippen LogP contribution in [0.3, 0.4) is 0 Å². The van der Waals surface area contributed by atoms with Crippen molar-refractivity contribution in [1.82, 2.24) is 19.8 Å². The van der Waals surface area contributed by atoms with E-state index in [-0.39, 0.29) is 30.7 Å². The molecule has 3 aliphatic rings. The summed E-state index contributed by atoms with van der Waals surface area (Å²) in [5.74, 6) is 2.05. The second kappa shape index (κ2) is 8.00. The third-order valence-corrected chi connectivity index (χ3v) is 6.53. The number of aromatic nitrogens is 2. The lowest BCUT2D eigenvalue weighted by Crippen LogP contribution is -2.40. The van der Waals surface area contributed by atoms with E-state index in [4.69, 9.17) is 14.5 Å². The maximum absolute atomic E-state index is 13.1. The number of H-pyrrole nitrogens is 1. The molecule has 0 saturated carbocycles. The van der Waals surface area contributed by atoms with Gasteiger partial charge in [-0.2, -0.15) is 0 Å². The Morgan fingerprint density at radius 3 is 2.94 bits per heavy atom. The van der Waals surface area contributed by atoms with E-state index in [1.54, 1.807) is 0 Å². The monoisotopic (exact) mass is 424 g/mol. The van der Waals surface area contributed by atoms with Crippen LogP contribution >= 0.6 is 0 Å². The molecule has 4 heterocycles. The van der Waals surface area contributed by atoms with Crippen LogP contribution in [0.15, 0.2) is 23.0 Å². The Bertz CT molecular complexity index is 1060. The summed E-state index contributed by atoms with van der Waals surface area (Å²) in [5, 5.41) is 0. The lowest BCUT2D eigenvalue weighted by atomic mass is 10.0. The normalized spacial score (nSPS) is 20.4. The number of rotatable bonds is 4. The zero-order chi connectivity index (χ0) is 21.5. The number of nitrogens with one attached hydrogen (secondary N) is 1. The predicted octanol–water partition coefficient (Wildman–Crippen LogP) is 2.17. The number of amides is 1. The standard InChI is InChI=1S/C23H28N4O4/c1-14(2)26-9-7-17-16(12-26)23(29)25-22(24-17)18-4-3-8-27(18)21(28)11-15-5-6-19-20(10-15)31-13-30-19/h5-6,10,14,18H,3-4,7-9,11-13H2,1-2H3,(H,24,25,29)/t18-/m1/s1. The predicted molar refractivity (Wildman–Crippen MR) is 114 cm³/mol. The number of carbonyl (C=O) groups excluding carboxylic acids is 1. The van der Waals surface area contributed by atoms with Crippen molar-refractivity contribution in [3.05, 3.63) is 51.2 Å². The summed E-state index contributed by atoms with van der Waals surface area (Å²) in [6.45, 7) is 6.71. The van der Waals surface area contributed by atoms with Gasteiger partial charge in [-0.15, -0.1) is 0 Å². The second-order valence-electron chi connectivity index (χ2n) is 8.80. The first-order chi connectivity index (χ1) is 15.0. The van der Waals surface area contributed by atoms with E-state index >= 15 is 0 Å². The van der Waals surface area contributed by atoms with Crippen LogP contribution in [0.4, 0.5) is 0 Å². The molecular weight excluding hydrogens is 396 g/mol. The Morgan fingerprint density at radius 1 is 1.26 bits per heavy atom. The molecule has 1 aromatic carbocycles. The first kappa shape index (κ1) is 20.1. The third-order valence-electron chi connectivity index (χ3n) is 6.53. The van der Waals surface area contributed by atoms with Crippen LogP contribution in [0.25, 0.3) is 0 Å². The lowest BCUT2D eigenvalue weighted by Gasteiger charge is -2.31. The van der Waals surface area contributed by atoms with Gasteiger partial charge in [-0.25, -0.2) is 4.98 Å². The number of ether oxygens (including phenoxy) is 2. The number of benzene rings is 1. The van der Waals surface area contributed by atoms with Crippen LogP contribution in [0, 0.1) is 0 Å². The maximum atomic E-state index is 13.1. The summed E-state index contributed by atoms with van der Waals surface area (Å²) in [4.78, 5) is 37.9. The summed E-state index contributed by atoms with van der Waals surface area (Å²) < 4.78 is 10.8. The molecule has 1 fully saturated rings. The van der Waals surface area contributed by atoms with Crippen molar-refractivity contribution in [2.24, 2.45) is 0 Å². The van der Waals surface area contributed by atoms with Crippen molar-refractivity contribution in [3.8, 4) is 11.5 Å². The average Bonchev–Trinajstić information content (AvgIpc) is 3.42. The molecule has 1 atom stereocenters. The Hall–Kier alpha value is -2.87. The highest BCUT2D eigenvalue weighted by Gasteiger charge is 2.33. The summed E-state index contributed by atoms with van der Waals surface area (Å²) in [6.07, 6.45) is 2.76. The fourth-order valence-electron chi connectivity index (χ4n) is 4.74. The van der Waals surface area contributed by atoms with Gasteiger partial charge in [-0.1, -0.05) is 6.07 Å². The molecule has 0 aliphatic carbocycles. The minimum atomic E-state index is -0.178. The smallest absolute Gasteiger partial charge is 0.255 e. The molecule has 0 bridgehead atoms. The third kappa shape index (κ3) is 3.80. The lowest BCUT2D eigenvalue weighted by molar-refractivity contribution is -0.131. The van der Waals surface area contributed by atoms with Crippen molar-refractivity contribution < 1.29 is 14.3 Å². The molecule has 1 aromatic heterocycles. The molecule has 0 unspecified atom stereocenters. The van der Waals surface area contributed by atoms with Crippen LogP contribution < -0.4 is 15.0 Å². The second-order valence-corrected chi connectivity index (χ2v) is 8.80. The summed E-state index contributed by atoms with van der Waals surface area (Å²) in [5.41, 5.74) is 2.46. The Balaban J connectivity index is 1.35. The topological polar surface area (TPSA) is 87.8 Å². The molecule has 5 rings (SSSR count). The quantitative estimate of drug-likeness (QED) is 0.809. The summed E-state index contributed by atoms with van der Waals surface area (Å²) in [6, 6.07) is 5.82. The first-order valence-corrected chi connectivity index (χ1v) is 11.0. The number of aromatic amines is 1. The Kier molecular flexibility index (Phi) is 5.17. The number of likely N-dealkylation sites (tertiary alicyclic amines) is 1. The van der Waals surface area contributed by atoms with Gasteiger partial charge in [0.2, 0.25) is 12.7 Å². The van der Waals surface area contributed by atoms with E-state index in [2.05, 4.69) is 23.7 Å². The summed E-state index contributed by atoms with van der Waals surface area (Å²) >= 11 is 0. The average molecular weight is 425 g/mol. The zero-order valence-electron chi connectivity index (χ0n) is 18.0. The minimum Gasteiger partial charge on any atom is -0.454 e.